The molecule has 0 spiro atoms. The van der Waals surface area contributed by atoms with Crippen LogP contribution in [-0.4, -0.2) is 29.3 Å². The Bertz CT molecular complexity index is 867. The summed E-state index contributed by atoms with van der Waals surface area (Å²) in [6.07, 6.45) is 1.52. The second-order valence-corrected chi connectivity index (χ2v) is 6.32. The highest BCUT2D eigenvalue weighted by Gasteiger charge is 2.06. The minimum Gasteiger partial charge on any atom is -0.378 e. The van der Waals surface area contributed by atoms with Gasteiger partial charge in [-0.25, -0.2) is 0 Å². The summed E-state index contributed by atoms with van der Waals surface area (Å²) in [6, 6.07) is 13.1. The van der Waals surface area contributed by atoms with E-state index < -0.39 is 0 Å². The highest BCUT2D eigenvalue weighted by atomic mass is 35.5. The van der Waals surface area contributed by atoms with Crippen molar-refractivity contribution in [3.8, 4) is 0 Å². The smallest absolute Gasteiger partial charge is 0.249 e. The van der Waals surface area contributed by atoms with E-state index >= 15 is 0 Å². The summed E-state index contributed by atoms with van der Waals surface area (Å²) in [4.78, 5) is 6.42. The number of rotatable bonds is 5. The Balaban J connectivity index is 1.75. The average Bonchev–Trinajstić information content (AvgIpc) is 2.58. The van der Waals surface area contributed by atoms with E-state index in [2.05, 4.69) is 25.8 Å². The molecule has 0 saturated carbocycles. The topological polar surface area (TPSA) is 66.0 Å². The lowest BCUT2D eigenvalue weighted by Crippen LogP contribution is -2.08. The molecular formula is C17H16Cl2N6. The SMILES string of the molecule is CN(C)c1ccc(Nc2nncc(Nc3ccc(Cl)cc3Cl)n2)cc1. The van der Waals surface area contributed by atoms with Gasteiger partial charge in [-0.1, -0.05) is 23.2 Å². The third-order valence-corrected chi connectivity index (χ3v) is 3.94. The third-order valence-electron chi connectivity index (χ3n) is 3.39. The maximum Gasteiger partial charge on any atom is 0.249 e. The molecule has 0 aliphatic carbocycles. The molecule has 6 nitrogen and oxygen atoms in total. The zero-order valence-electron chi connectivity index (χ0n) is 13.7. The molecule has 0 radical (unpaired) electrons. The Kier molecular flexibility index (Phi) is 5.21. The number of hydrogen-bond acceptors (Lipinski definition) is 6. The molecule has 0 saturated heterocycles. The Morgan fingerprint density at radius 2 is 1.72 bits per heavy atom. The molecule has 0 amide bonds. The second-order valence-electron chi connectivity index (χ2n) is 5.48. The number of nitrogens with one attached hydrogen (secondary N) is 2. The Morgan fingerprint density at radius 3 is 2.40 bits per heavy atom. The van der Waals surface area contributed by atoms with E-state index in [0.29, 0.717) is 27.5 Å². The van der Waals surface area contributed by atoms with Gasteiger partial charge in [-0.05, 0) is 42.5 Å². The van der Waals surface area contributed by atoms with Gasteiger partial charge in [0.2, 0.25) is 5.95 Å². The first-order valence-corrected chi connectivity index (χ1v) is 8.23. The van der Waals surface area contributed by atoms with Gasteiger partial charge in [-0.3, -0.25) is 0 Å². The maximum absolute atomic E-state index is 6.16. The van der Waals surface area contributed by atoms with E-state index in [1.165, 1.54) is 6.20 Å². The first kappa shape index (κ1) is 17.3. The van der Waals surface area contributed by atoms with Gasteiger partial charge in [0, 0.05) is 30.5 Å². The quantitative estimate of drug-likeness (QED) is 0.672. The summed E-state index contributed by atoms with van der Waals surface area (Å²) in [7, 11) is 3.99. The molecule has 128 valence electrons. The number of hydrogen-bond donors (Lipinski definition) is 2. The largest absolute Gasteiger partial charge is 0.378 e. The molecule has 0 unspecified atom stereocenters. The van der Waals surface area contributed by atoms with Crippen LogP contribution in [0, 0.1) is 0 Å². The standard InChI is InChI=1S/C17H16Cl2N6/c1-25(2)13-6-4-12(5-7-13)21-17-23-16(10-20-24-17)22-15-8-3-11(18)9-14(15)19/h3-10H,1-2H3,(H2,21,22,23,24). The summed E-state index contributed by atoms with van der Waals surface area (Å²) in [6.45, 7) is 0. The Labute approximate surface area is 155 Å². The van der Waals surface area contributed by atoms with Gasteiger partial charge in [0.1, 0.15) is 0 Å². The Morgan fingerprint density at radius 1 is 0.960 bits per heavy atom. The van der Waals surface area contributed by atoms with Crippen LogP contribution in [0.15, 0.2) is 48.7 Å². The van der Waals surface area contributed by atoms with E-state index in [0.717, 1.165) is 11.4 Å². The van der Waals surface area contributed by atoms with Crippen molar-refractivity contribution in [1.82, 2.24) is 15.2 Å². The van der Waals surface area contributed by atoms with Gasteiger partial charge in [0.15, 0.2) is 5.82 Å². The highest BCUT2D eigenvalue weighted by Crippen LogP contribution is 2.27. The normalized spacial score (nSPS) is 10.4. The molecule has 1 aromatic heterocycles. The predicted molar refractivity (Wildman–Crippen MR) is 104 cm³/mol. The predicted octanol–water partition coefficient (Wildman–Crippen LogP) is 4.73. The molecule has 1 heterocycles. The first-order valence-electron chi connectivity index (χ1n) is 7.47. The zero-order valence-corrected chi connectivity index (χ0v) is 15.2. The average molecular weight is 375 g/mol. The van der Waals surface area contributed by atoms with Gasteiger partial charge in [0.25, 0.3) is 0 Å². The molecule has 25 heavy (non-hydrogen) atoms. The van der Waals surface area contributed by atoms with Crippen LogP contribution in [0.4, 0.5) is 28.8 Å². The lowest BCUT2D eigenvalue weighted by Gasteiger charge is -2.13. The van der Waals surface area contributed by atoms with Crippen LogP contribution in [0.5, 0.6) is 0 Å². The molecule has 3 rings (SSSR count). The van der Waals surface area contributed by atoms with Crippen LogP contribution in [0.3, 0.4) is 0 Å². The van der Waals surface area contributed by atoms with Crippen molar-refractivity contribution in [1.29, 1.82) is 0 Å². The molecular weight excluding hydrogens is 359 g/mol. The van der Waals surface area contributed by atoms with Crippen molar-refractivity contribution in [3.63, 3.8) is 0 Å². The van der Waals surface area contributed by atoms with Crippen LogP contribution < -0.4 is 15.5 Å². The number of anilines is 5. The third kappa shape index (κ3) is 4.49. The summed E-state index contributed by atoms with van der Waals surface area (Å²) in [5.74, 6) is 0.902. The fourth-order valence-corrected chi connectivity index (χ4v) is 2.57. The minimum atomic E-state index is 0.382. The van der Waals surface area contributed by atoms with Crippen molar-refractivity contribution in [2.45, 2.75) is 0 Å². The van der Waals surface area contributed by atoms with Gasteiger partial charge < -0.3 is 15.5 Å². The van der Waals surface area contributed by atoms with Crippen molar-refractivity contribution in [2.75, 3.05) is 29.6 Å². The molecule has 2 N–H and O–H groups in total. The van der Waals surface area contributed by atoms with E-state index in [1.54, 1.807) is 18.2 Å². The molecule has 8 heteroatoms. The number of halogens is 2. The number of benzene rings is 2. The van der Waals surface area contributed by atoms with Gasteiger partial charge in [-0.15, -0.1) is 5.10 Å². The molecule has 0 fully saturated rings. The summed E-state index contributed by atoms with van der Waals surface area (Å²) in [5, 5.41) is 15.2. The minimum absolute atomic E-state index is 0.382. The summed E-state index contributed by atoms with van der Waals surface area (Å²) >= 11 is 12.1. The van der Waals surface area contributed by atoms with Crippen LogP contribution >= 0.6 is 23.2 Å². The fourth-order valence-electron chi connectivity index (χ4n) is 2.12. The van der Waals surface area contributed by atoms with Crippen molar-refractivity contribution >= 4 is 52.0 Å². The maximum atomic E-state index is 6.16. The number of aromatic nitrogens is 3. The molecule has 0 aliphatic rings. The molecule has 3 aromatic rings. The van der Waals surface area contributed by atoms with Gasteiger partial charge in [-0.2, -0.15) is 10.1 Å². The van der Waals surface area contributed by atoms with Crippen LogP contribution in [-0.2, 0) is 0 Å². The highest BCUT2D eigenvalue weighted by molar-refractivity contribution is 6.36. The summed E-state index contributed by atoms with van der Waals surface area (Å²) < 4.78 is 0. The van der Waals surface area contributed by atoms with Gasteiger partial charge >= 0.3 is 0 Å². The lowest BCUT2D eigenvalue weighted by atomic mass is 10.2. The Hall–Kier alpha value is -2.57. The second kappa shape index (κ2) is 7.55. The molecule has 0 aliphatic heterocycles. The van der Waals surface area contributed by atoms with E-state index in [9.17, 15) is 0 Å². The van der Waals surface area contributed by atoms with Crippen LogP contribution in [0.25, 0.3) is 0 Å². The van der Waals surface area contributed by atoms with E-state index in [4.69, 9.17) is 23.2 Å². The van der Waals surface area contributed by atoms with Crippen LogP contribution in [0.1, 0.15) is 0 Å². The van der Waals surface area contributed by atoms with Gasteiger partial charge in [0.05, 0.1) is 16.9 Å². The summed E-state index contributed by atoms with van der Waals surface area (Å²) in [5.41, 5.74) is 2.67. The monoisotopic (exact) mass is 374 g/mol. The van der Waals surface area contributed by atoms with Crippen molar-refractivity contribution < 1.29 is 0 Å². The molecule has 0 bridgehead atoms. The zero-order chi connectivity index (χ0) is 17.8. The van der Waals surface area contributed by atoms with Crippen molar-refractivity contribution in [3.05, 3.63) is 58.7 Å². The molecule has 0 atom stereocenters. The molecule has 2 aromatic carbocycles. The van der Waals surface area contributed by atoms with E-state index in [-0.39, 0.29) is 0 Å². The van der Waals surface area contributed by atoms with Crippen LogP contribution in [0.2, 0.25) is 10.0 Å². The lowest BCUT2D eigenvalue weighted by molar-refractivity contribution is 0.982. The van der Waals surface area contributed by atoms with E-state index in [1.807, 2.05) is 43.3 Å². The van der Waals surface area contributed by atoms with Crippen molar-refractivity contribution in [2.24, 2.45) is 0 Å². The first-order chi connectivity index (χ1) is 12.0. The fraction of sp³-hybridized carbons (Fsp3) is 0.118. The number of nitrogens with zero attached hydrogens (tertiary/aromatic N) is 4.